The molecule has 0 bridgehead atoms. The third kappa shape index (κ3) is 4.06. The summed E-state index contributed by atoms with van der Waals surface area (Å²) in [6.45, 7) is 2.79. The monoisotopic (exact) mass is 338 g/mol. The van der Waals surface area contributed by atoms with Crippen LogP contribution in [-0.4, -0.2) is 12.5 Å². The first-order chi connectivity index (χ1) is 9.60. The van der Waals surface area contributed by atoms with Crippen molar-refractivity contribution in [3.8, 4) is 0 Å². The fourth-order valence-corrected chi connectivity index (χ4v) is 3.09. The van der Waals surface area contributed by atoms with Gasteiger partial charge in [-0.2, -0.15) is 0 Å². The molecular weight excluding hydrogens is 316 g/mol. The number of hydrogen-bond donors (Lipinski definition) is 2. The zero-order valence-corrected chi connectivity index (χ0v) is 13.5. The second kappa shape index (κ2) is 7.23. The van der Waals surface area contributed by atoms with Crippen molar-refractivity contribution in [2.45, 2.75) is 38.6 Å². The van der Waals surface area contributed by atoms with Gasteiger partial charge in [-0.25, -0.2) is 0 Å². The van der Waals surface area contributed by atoms with Gasteiger partial charge in [0.1, 0.15) is 0 Å². The van der Waals surface area contributed by atoms with Crippen molar-refractivity contribution in [1.29, 1.82) is 0 Å². The van der Waals surface area contributed by atoms with Crippen LogP contribution in [0.15, 0.2) is 28.7 Å². The minimum Gasteiger partial charge on any atom is -0.349 e. The molecule has 1 aliphatic rings. The maximum Gasteiger partial charge on any atom is 0.223 e. The molecule has 0 heterocycles. The van der Waals surface area contributed by atoms with E-state index in [-0.39, 0.29) is 17.9 Å². The third-order valence-corrected chi connectivity index (χ3v) is 4.81. The summed E-state index contributed by atoms with van der Waals surface area (Å²) in [4.78, 5) is 12.3. The Bertz CT molecular complexity index is 438. The Morgan fingerprint density at radius 1 is 1.30 bits per heavy atom. The minimum atomic E-state index is 0.0582. The molecule has 110 valence electrons. The van der Waals surface area contributed by atoms with Gasteiger partial charge in [-0.1, -0.05) is 28.1 Å². The van der Waals surface area contributed by atoms with E-state index >= 15 is 0 Å². The fourth-order valence-electron chi connectivity index (χ4n) is 2.83. The molecule has 0 spiro atoms. The number of nitrogens with one attached hydrogen (secondary N) is 1. The standard InChI is InChI=1S/C16H23BrN2O/c1-11(13-6-8-15(17)9-7-13)19-16(20)14-4-2-12(10-18)3-5-14/h6-9,11-12,14H,2-5,10,18H2,1H3,(H,19,20). The molecule has 0 aliphatic heterocycles. The van der Waals surface area contributed by atoms with Gasteiger partial charge >= 0.3 is 0 Å². The van der Waals surface area contributed by atoms with Gasteiger partial charge in [0.05, 0.1) is 6.04 Å². The first kappa shape index (κ1) is 15.5. The highest BCUT2D eigenvalue weighted by Gasteiger charge is 2.26. The average molecular weight is 339 g/mol. The minimum absolute atomic E-state index is 0.0582. The molecule has 0 radical (unpaired) electrons. The first-order valence-electron chi connectivity index (χ1n) is 7.36. The van der Waals surface area contributed by atoms with Crippen LogP contribution in [0.4, 0.5) is 0 Å². The van der Waals surface area contributed by atoms with Crippen molar-refractivity contribution in [1.82, 2.24) is 5.32 Å². The number of hydrogen-bond acceptors (Lipinski definition) is 2. The summed E-state index contributed by atoms with van der Waals surface area (Å²) in [6.07, 6.45) is 4.12. The lowest BCUT2D eigenvalue weighted by molar-refractivity contribution is -0.126. The van der Waals surface area contributed by atoms with Crippen LogP contribution in [0.5, 0.6) is 0 Å². The van der Waals surface area contributed by atoms with Gasteiger partial charge in [0.15, 0.2) is 0 Å². The van der Waals surface area contributed by atoms with E-state index < -0.39 is 0 Å². The Balaban J connectivity index is 1.86. The molecule has 1 saturated carbocycles. The number of nitrogens with two attached hydrogens (primary N) is 1. The molecule has 1 fully saturated rings. The quantitative estimate of drug-likeness (QED) is 0.883. The van der Waals surface area contributed by atoms with Gasteiger partial charge in [0, 0.05) is 10.4 Å². The van der Waals surface area contributed by atoms with Gasteiger partial charge in [-0.3, -0.25) is 4.79 Å². The van der Waals surface area contributed by atoms with Gasteiger partial charge in [-0.15, -0.1) is 0 Å². The number of rotatable bonds is 4. The van der Waals surface area contributed by atoms with Gasteiger partial charge in [-0.05, 0) is 62.8 Å². The van der Waals surface area contributed by atoms with Crippen LogP contribution in [0.2, 0.25) is 0 Å². The number of carbonyl (C=O) groups is 1. The maximum absolute atomic E-state index is 12.3. The van der Waals surface area contributed by atoms with E-state index in [4.69, 9.17) is 5.73 Å². The zero-order chi connectivity index (χ0) is 14.5. The molecule has 1 aromatic carbocycles. The van der Waals surface area contributed by atoms with Crippen LogP contribution < -0.4 is 11.1 Å². The topological polar surface area (TPSA) is 55.1 Å². The van der Waals surface area contributed by atoms with Crippen LogP contribution in [0.3, 0.4) is 0 Å². The van der Waals surface area contributed by atoms with Crippen molar-refractivity contribution < 1.29 is 4.79 Å². The lowest BCUT2D eigenvalue weighted by Gasteiger charge is -2.28. The number of halogens is 1. The third-order valence-electron chi connectivity index (χ3n) is 4.28. The SMILES string of the molecule is CC(NC(=O)C1CCC(CN)CC1)c1ccc(Br)cc1. The van der Waals surface area contributed by atoms with E-state index in [0.29, 0.717) is 5.92 Å². The Morgan fingerprint density at radius 3 is 2.45 bits per heavy atom. The van der Waals surface area contributed by atoms with Crippen molar-refractivity contribution in [3.05, 3.63) is 34.3 Å². The van der Waals surface area contributed by atoms with Gasteiger partial charge in [0.25, 0.3) is 0 Å². The largest absolute Gasteiger partial charge is 0.349 e. The van der Waals surface area contributed by atoms with E-state index in [0.717, 1.165) is 42.3 Å². The molecular formula is C16H23BrN2O. The Labute approximate surface area is 129 Å². The van der Waals surface area contributed by atoms with Crippen molar-refractivity contribution >= 4 is 21.8 Å². The highest BCUT2D eigenvalue weighted by molar-refractivity contribution is 9.10. The highest BCUT2D eigenvalue weighted by Crippen LogP contribution is 2.28. The Hall–Kier alpha value is -0.870. The highest BCUT2D eigenvalue weighted by atomic mass is 79.9. The second-order valence-electron chi connectivity index (χ2n) is 5.74. The zero-order valence-electron chi connectivity index (χ0n) is 11.9. The molecule has 0 saturated heterocycles. The lowest BCUT2D eigenvalue weighted by atomic mass is 9.81. The van der Waals surface area contributed by atoms with Crippen LogP contribution in [0.1, 0.15) is 44.2 Å². The van der Waals surface area contributed by atoms with Gasteiger partial charge < -0.3 is 11.1 Å². The van der Waals surface area contributed by atoms with Crippen molar-refractivity contribution in [3.63, 3.8) is 0 Å². The van der Waals surface area contributed by atoms with Gasteiger partial charge in [0.2, 0.25) is 5.91 Å². The van der Waals surface area contributed by atoms with Crippen LogP contribution in [-0.2, 0) is 4.79 Å². The average Bonchev–Trinajstić information content (AvgIpc) is 2.48. The first-order valence-corrected chi connectivity index (χ1v) is 8.15. The number of benzene rings is 1. The smallest absolute Gasteiger partial charge is 0.223 e. The van der Waals surface area contributed by atoms with Crippen molar-refractivity contribution in [2.75, 3.05) is 6.54 Å². The van der Waals surface area contributed by atoms with E-state index in [9.17, 15) is 4.79 Å². The summed E-state index contributed by atoms with van der Waals surface area (Å²) in [5.41, 5.74) is 6.83. The molecule has 20 heavy (non-hydrogen) atoms. The van der Waals surface area contributed by atoms with Crippen LogP contribution in [0, 0.1) is 11.8 Å². The number of amides is 1. The molecule has 1 unspecified atom stereocenters. The molecule has 1 amide bonds. The number of carbonyl (C=O) groups excluding carboxylic acids is 1. The summed E-state index contributed by atoms with van der Waals surface area (Å²) in [5, 5.41) is 3.13. The normalized spacial score (nSPS) is 24.1. The Kier molecular flexibility index (Phi) is 5.61. The molecule has 4 heteroatoms. The lowest BCUT2D eigenvalue weighted by Crippen LogP contribution is -2.35. The summed E-state index contributed by atoms with van der Waals surface area (Å²) in [6, 6.07) is 8.15. The van der Waals surface area contributed by atoms with E-state index in [1.54, 1.807) is 0 Å². The van der Waals surface area contributed by atoms with Crippen molar-refractivity contribution in [2.24, 2.45) is 17.6 Å². The molecule has 3 N–H and O–H groups in total. The molecule has 0 aromatic heterocycles. The molecule has 3 nitrogen and oxygen atoms in total. The van der Waals surface area contributed by atoms with E-state index in [2.05, 4.69) is 21.2 Å². The maximum atomic E-state index is 12.3. The van der Waals surface area contributed by atoms with E-state index in [1.807, 2.05) is 31.2 Å². The van der Waals surface area contributed by atoms with E-state index in [1.165, 1.54) is 0 Å². The fraction of sp³-hybridized carbons (Fsp3) is 0.562. The molecule has 2 rings (SSSR count). The molecule has 1 atom stereocenters. The van der Waals surface area contributed by atoms with Crippen LogP contribution in [0.25, 0.3) is 0 Å². The summed E-state index contributed by atoms with van der Waals surface area (Å²) >= 11 is 3.42. The second-order valence-corrected chi connectivity index (χ2v) is 6.65. The summed E-state index contributed by atoms with van der Waals surface area (Å²) in [5.74, 6) is 0.967. The Morgan fingerprint density at radius 2 is 1.90 bits per heavy atom. The summed E-state index contributed by atoms with van der Waals surface area (Å²) in [7, 11) is 0. The van der Waals surface area contributed by atoms with Crippen LogP contribution >= 0.6 is 15.9 Å². The predicted molar refractivity (Wildman–Crippen MR) is 85.2 cm³/mol. The predicted octanol–water partition coefficient (Wildman–Crippen LogP) is 3.39. The molecule has 1 aromatic rings. The molecule has 1 aliphatic carbocycles. The summed E-state index contributed by atoms with van der Waals surface area (Å²) < 4.78 is 1.06.